The maximum atomic E-state index is 11.1. The molecule has 0 saturated carbocycles. The molecule has 2 aliphatic rings. The Hall–Kier alpha value is -2.43. The Labute approximate surface area is 104 Å². The number of carbonyl (C=O) groups excluding carboxylic acids is 1. The maximum Gasteiger partial charge on any atom is 0.308 e. The fraction of sp³-hybridized carbons (Fsp3) is 0.154. The molecule has 0 aromatic heterocycles. The standard InChI is InChI=1S/C13H11NO4/c1-8(15)17-11-6-12-14(7-13(16)18-12)10-5-3-2-4-9(10)11/h2-7,12,16H,1H3. The largest absolute Gasteiger partial charge is 0.480 e. The number of fused-ring (bicyclic) bond motifs is 3. The molecule has 1 aromatic carbocycles. The van der Waals surface area contributed by atoms with Gasteiger partial charge in [0.25, 0.3) is 5.95 Å². The van der Waals surface area contributed by atoms with E-state index in [-0.39, 0.29) is 11.9 Å². The summed E-state index contributed by atoms with van der Waals surface area (Å²) >= 11 is 0. The van der Waals surface area contributed by atoms with E-state index in [1.54, 1.807) is 11.0 Å². The van der Waals surface area contributed by atoms with Crippen molar-refractivity contribution < 1.29 is 19.4 Å². The molecule has 0 bridgehead atoms. The van der Waals surface area contributed by atoms with E-state index in [0.717, 1.165) is 11.3 Å². The lowest BCUT2D eigenvalue weighted by molar-refractivity contribution is -0.134. The number of para-hydroxylation sites is 1. The summed E-state index contributed by atoms with van der Waals surface area (Å²) in [5.74, 6) is -0.0998. The lowest BCUT2D eigenvalue weighted by Crippen LogP contribution is -2.30. The molecule has 0 saturated heterocycles. The molecule has 5 heteroatoms. The van der Waals surface area contributed by atoms with Crippen LogP contribution in [0, 0.1) is 0 Å². The van der Waals surface area contributed by atoms with Crippen LogP contribution in [-0.4, -0.2) is 17.3 Å². The number of aliphatic hydroxyl groups excluding tert-OH is 1. The smallest absolute Gasteiger partial charge is 0.308 e. The summed E-state index contributed by atoms with van der Waals surface area (Å²) < 4.78 is 10.4. The van der Waals surface area contributed by atoms with Crippen LogP contribution in [0.1, 0.15) is 12.5 Å². The van der Waals surface area contributed by atoms with Crippen molar-refractivity contribution in [2.75, 3.05) is 4.90 Å². The van der Waals surface area contributed by atoms with E-state index in [1.807, 2.05) is 24.3 Å². The molecule has 18 heavy (non-hydrogen) atoms. The third kappa shape index (κ3) is 1.60. The molecular weight excluding hydrogens is 234 g/mol. The van der Waals surface area contributed by atoms with Crippen molar-refractivity contribution in [3.63, 3.8) is 0 Å². The van der Waals surface area contributed by atoms with E-state index in [2.05, 4.69) is 0 Å². The SMILES string of the molecule is CC(=O)OC1=CC2OC(O)=CN2c2ccccc21. The zero-order valence-corrected chi connectivity index (χ0v) is 9.66. The van der Waals surface area contributed by atoms with Gasteiger partial charge in [0.15, 0.2) is 0 Å². The second kappa shape index (κ2) is 3.80. The minimum atomic E-state index is -0.478. The summed E-state index contributed by atoms with van der Waals surface area (Å²) in [7, 11) is 0. The molecule has 1 N–H and O–H groups in total. The highest BCUT2D eigenvalue weighted by molar-refractivity contribution is 5.84. The molecule has 0 amide bonds. The van der Waals surface area contributed by atoms with Crippen molar-refractivity contribution in [3.05, 3.63) is 48.1 Å². The summed E-state index contributed by atoms with van der Waals surface area (Å²) in [6.45, 7) is 1.35. The number of benzene rings is 1. The molecule has 2 aliphatic heterocycles. The molecule has 0 radical (unpaired) electrons. The summed E-state index contributed by atoms with van der Waals surface area (Å²) in [6, 6.07) is 7.45. The Kier molecular flexibility index (Phi) is 2.26. The van der Waals surface area contributed by atoms with E-state index in [9.17, 15) is 9.90 Å². The van der Waals surface area contributed by atoms with Crippen LogP contribution in [0.25, 0.3) is 5.76 Å². The first-order chi connectivity index (χ1) is 8.65. The minimum Gasteiger partial charge on any atom is -0.480 e. The Balaban J connectivity index is 2.09. The molecule has 0 fully saturated rings. The van der Waals surface area contributed by atoms with Crippen molar-refractivity contribution in [3.8, 4) is 0 Å². The average molecular weight is 245 g/mol. The van der Waals surface area contributed by atoms with Gasteiger partial charge in [0.2, 0.25) is 6.23 Å². The van der Waals surface area contributed by atoms with Crippen LogP contribution in [0.3, 0.4) is 0 Å². The van der Waals surface area contributed by atoms with Crippen LogP contribution < -0.4 is 4.90 Å². The Morgan fingerprint density at radius 1 is 1.44 bits per heavy atom. The first kappa shape index (κ1) is 10.7. The van der Waals surface area contributed by atoms with E-state index in [4.69, 9.17) is 9.47 Å². The zero-order chi connectivity index (χ0) is 12.7. The van der Waals surface area contributed by atoms with Gasteiger partial charge in [0, 0.05) is 18.6 Å². The predicted octanol–water partition coefficient (Wildman–Crippen LogP) is 2.12. The number of esters is 1. The van der Waals surface area contributed by atoms with Gasteiger partial charge in [-0.1, -0.05) is 12.1 Å². The van der Waals surface area contributed by atoms with Gasteiger partial charge in [-0.2, -0.15) is 0 Å². The number of rotatable bonds is 1. The first-order valence-corrected chi connectivity index (χ1v) is 5.50. The Bertz CT molecular complexity index is 576. The Morgan fingerprint density at radius 2 is 2.22 bits per heavy atom. The van der Waals surface area contributed by atoms with Crippen molar-refractivity contribution >= 4 is 17.4 Å². The van der Waals surface area contributed by atoms with Gasteiger partial charge < -0.3 is 19.5 Å². The van der Waals surface area contributed by atoms with E-state index >= 15 is 0 Å². The molecule has 92 valence electrons. The summed E-state index contributed by atoms with van der Waals surface area (Å²) in [6.07, 6.45) is 2.68. The predicted molar refractivity (Wildman–Crippen MR) is 64.2 cm³/mol. The van der Waals surface area contributed by atoms with Gasteiger partial charge in [-0.3, -0.25) is 4.79 Å². The number of aliphatic hydroxyl groups is 1. The maximum absolute atomic E-state index is 11.1. The zero-order valence-electron chi connectivity index (χ0n) is 9.66. The number of hydrogen-bond acceptors (Lipinski definition) is 5. The topological polar surface area (TPSA) is 59.0 Å². The van der Waals surface area contributed by atoms with Crippen molar-refractivity contribution in [1.29, 1.82) is 0 Å². The van der Waals surface area contributed by atoms with Gasteiger partial charge in [-0.15, -0.1) is 0 Å². The molecular formula is C13H11NO4. The van der Waals surface area contributed by atoms with Crippen molar-refractivity contribution in [2.24, 2.45) is 0 Å². The van der Waals surface area contributed by atoms with Gasteiger partial charge in [-0.25, -0.2) is 0 Å². The highest BCUT2D eigenvalue weighted by Gasteiger charge is 2.33. The lowest BCUT2D eigenvalue weighted by atomic mass is 10.1. The third-order valence-electron chi connectivity index (χ3n) is 2.76. The van der Waals surface area contributed by atoms with Crippen LogP contribution in [-0.2, 0) is 14.3 Å². The first-order valence-electron chi connectivity index (χ1n) is 5.50. The van der Waals surface area contributed by atoms with Crippen molar-refractivity contribution in [2.45, 2.75) is 13.2 Å². The third-order valence-corrected chi connectivity index (χ3v) is 2.76. The molecule has 0 spiro atoms. The van der Waals surface area contributed by atoms with Crippen LogP contribution in [0.2, 0.25) is 0 Å². The monoisotopic (exact) mass is 245 g/mol. The van der Waals surface area contributed by atoms with Gasteiger partial charge in [0.05, 0.1) is 11.9 Å². The van der Waals surface area contributed by atoms with Gasteiger partial charge >= 0.3 is 5.97 Å². The van der Waals surface area contributed by atoms with E-state index < -0.39 is 6.23 Å². The number of nitrogens with zero attached hydrogens (tertiary/aromatic N) is 1. The number of ether oxygens (including phenoxy) is 2. The van der Waals surface area contributed by atoms with Crippen LogP contribution in [0.15, 0.2) is 42.5 Å². The second-order valence-corrected chi connectivity index (χ2v) is 4.02. The summed E-state index contributed by atoms with van der Waals surface area (Å²) in [4.78, 5) is 12.9. The highest BCUT2D eigenvalue weighted by atomic mass is 16.6. The van der Waals surface area contributed by atoms with Crippen LogP contribution in [0.5, 0.6) is 0 Å². The lowest BCUT2D eigenvalue weighted by Gasteiger charge is -2.28. The molecule has 0 aliphatic carbocycles. The Morgan fingerprint density at radius 3 is 3.00 bits per heavy atom. The molecule has 3 rings (SSSR count). The summed E-state index contributed by atoms with van der Waals surface area (Å²) in [5, 5.41) is 9.41. The fourth-order valence-electron chi connectivity index (χ4n) is 2.09. The number of carbonyl (C=O) groups is 1. The van der Waals surface area contributed by atoms with E-state index in [0.29, 0.717) is 5.76 Å². The van der Waals surface area contributed by atoms with Crippen LogP contribution in [0.4, 0.5) is 5.69 Å². The quantitative estimate of drug-likeness (QED) is 0.768. The molecule has 2 heterocycles. The molecule has 1 atom stereocenters. The van der Waals surface area contributed by atoms with Crippen LogP contribution >= 0.6 is 0 Å². The van der Waals surface area contributed by atoms with E-state index in [1.165, 1.54) is 13.1 Å². The second-order valence-electron chi connectivity index (χ2n) is 4.02. The van der Waals surface area contributed by atoms with Gasteiger partial charge in [0.1, 0.15) is 5.76 Å². The summed E-state index contributed by atoms with van der Waals surface area (Å²) in [5.41, 5.74) is 1.61. The average Bonchev–Trinajstić information content (AvgIpc) is 2.69. The fourth-order valence-corrected chi connectivity index (χ4v) is 2.09. The molecule has 1 unspecified atom stereocenters. The van der Waals surface area contributed by atoms with Crippen molar-refractivity contribution in [1.82, 2.24) is 0 Å². The number of hydrogen-bond donors (Lipinski definition) is 1. The number of anilines is 1. The highest BCUT2D eigenvalue weighted by Crippen LogP contribution is 2.38. The molecule has 1 aromatic rings. The minimum absolute atomic E-state index is 0.157. The molecule has 5 nitrogen and oxygen atoms in total. The van der Waals surface area contributed by atoms with Gasteiger partial charge in [-0.05, 0) is 12.1 Å². The normalized spacial score (nSPS) is 20.3.